The summed E-state index contributed by atoms with van der Waals surface area (Å²) in [6.45, 7) is -0.417. The minimum atomic E-state index is -0.594. The van der Waals surface area contributed by atoms with Gasteiger partial charge in [-0.2, -0.15) is 0 Å². The number of benzene rings is 2. The molecule has 2 aromatic rings. The number of rotatable bonds is 7. The number of methoxy groups -OCH3 is 1. The van der Waals surface area contributed by atoms with E-state index in [4.69, 9.17) is 14.2 Å². The van der Waals surface area contributed by atoms with Crippen LogP contribution < -0.4 is 9.47 Å². The second-order valence-electron chi connectivity index (χ2n) is 4.66. The van der Waals surface area contributed by atoms with Crippen molar-refractivity contribution >= 4 is 27.6 Å². The summed E-state index contributed by atoms with van der Waals surface area (Å²) in [5.41, 5.74) is 0.301. The molecular weight excluding hydrogens is 382 g/mol. The van der Waals surface area contributed by atoms with Crippen molar-refractivity contribution in [2.75, 3.05) is 13.7 Å². The molecule has 0 fully saturated rings. The number of hydrogen-bond donors (Lipinski definition) is 0. The zero-order chi connectivity index (χ0) is 17.5. The molecule has 0 aliphatic carbocycles. The lowest BCUT2D eigenvalue weighted by molar-refractivity contribution is -0.385. The van der Waals surface area contributed by atoms with E-state index in [1.165, 1.54) is 25.3 Å². The molecule has 0 spiro atoms. The van der Waals surface area contributed by atoms with Crippen LogP contribution in [-0.4, -0.2) is 24.6 Å². The third-order valence-electron chi connectivity index (χ3n) is 3.02. The number of non-ortho nitro benzene ring substituents is 1. The van der Waals surface area contributed by atoms with Gasteiger partial charge in [-0.15, -0.1) is 0 Å². The molecule has 0 saturated heterocycles. The third-order valence-corrected chi connectivity index (χ3v) is 3.51. The maximum atomic E-state index is 11.8. The summed E-state index contributed by atoms with van der Waals surface area (Å²) >= 11 is 3.30. The van der Waals surface area contributed by atoms with Crippen LogP contribution in [0.2, 0.25) is 0 Å². The topological polar surface area (TPSA) is 87.9 Å². The Labute approximate surface area is 146 Å². The van der Waals surface area contributed by atoms with Gasteiger partial charge in [0.15, 0.2) is 6.61 Å². The molecular formula is C16H14BrNO6. The number of esters is 1. The quantitative estimate of drug-likeness (QED) is 0.405. The molecule has 126 valence electrons. The van der Waals surface area contributed by atoms with Crippen LogP contribution in [0.1, 0.15) is 5.56 Å². The number of nitro benzene ring substituents is 1. The highest BCUT2D eigenvalue weighted by Crippen LogP contribution is 2.24. The second-order valence-corrected chi connectivity index (χ2v) is 5.58. The molecule has 0 N–H and O–H groups in total. The Morgan fingerprint density at radius 3 is 2.71 bits per heavy atom. The molecule has 0 bridgehead atoms. The predicted octanol–water partition coefficient (Wildman–Crippen LogP) is 3.49. The SMILES string of the molecule is COc1ccc([N+](=O)[O-])cc1COC(=O)COc1cccc(Br)c1. The van der Waals surface area contributed by atoms with Gasteiger partial charge in [0, 0.05) is 22.2 Å². The molecule has 0 radical (unpaired) electrons. The smallest absolute Gasteiger partial charge is 0.344 e. The van der Waals surface area contributed by atoms with Crippen molar-refractivity contribution in [1.29, 1.82) is 0 Å². The van der Waals surface area contributed by atoms with E-state index >= 15 is 0 Å². The fourth-order valence-electron chi connectivity index (χ4n) is 1.89. The molecule has 8 heteroatoms. The molecule has 2 aromatic carbocycles. The summed E-state index contributed by atoms with van der Waals surface area (Å²) in [5.74, 6) is 0.332. The molecule has 2 rings (SSSR count). The van der Waals surface area contributed by atoms with Crippen LogP contribution in [0.3, 0.4) is 0 Å². The van der Waals surface area contributed by atoms with E-state index in [-0.39, 0.29) is 18.9 Å². The van der Waals surface area contributed by atoms with Gasteiger partial charge in [-0.3, -0.25) is 10.1 Å². The van der Waals surface area contributed by atoms with Crippen molar-refractivity contribution in [3.8, 4) is 11.5 Å². The maximum absolute atomic E-state index is 11.8. The third kappa shape index (κ3) is 4.95. The molecule has 0 atom stereocenters. The van der Waals surface area contributed by atoms with Gasteiger partial charge in [0.2, 0.25) is 0 Å². The molecule has 0 aliphatic rings. The Kier molecular flexibility index (Phi) is 6.14. The summed E-state index contributed by atoms with van der Waals surface area (Å²) in [6.07, 6.45) is 0. The van der Waals surface area contributed by atoms with Crippen LogP contribution in [0.5, 0.6) is 11.5 Å². The number of carbonyl (C=O) groups excluding carboxylic acids is 1. The first-order valence-corrected chi connectivity index (χ1v) is 7.64. The highest BCUT2D eigenvalue weighted by atomic mass is 79.9. The van der Waals surface area contributed by atoms with E-state index in [1.54, 1.807) is 18.2 Å². The fourth-order valence-corrected chi connectivity index (χ4v) is 2.27. The van der Waals surface area contributed by atoms with Gasteiger partial charge in [0.1, 0.15) is 18.1 Å². The normalized spacial score (nSPS) is 10.1. The van der Waals surface area contributed by atoms with Crippen molar-refractivity contribution in [3.05, 3.63) is 62.6 Å². The molecule has 0 unspecified atom stereocenters. The average molecular weight is 396 g/mol. The molecule has 0 heterocycles. The maximum Gasteiger partial charge on any atom is 0.344 e. The van der Waals surface area contributed by atoms with Gasteiger partial charge in [-0.25, -0.2) is 4.79 Å². The average Bonchev–Trinajstić information content (AvgIpc) is 2.57. The minimum Gasteiger partial charge on any atom is -0.496 e. The fraction of sp³-hybridized carbons (Fsp3) is 0.188. The van der Waals surface area contributed by atoms with E-state index in [2.05, 4.69) is 15.9 Å². The van der Waals surface area contributed by atoms with Crippen LogP contribution in [0.4, 0.5) is 5.69 Å². The van der Waals surface area contributed by atoms with Crippen LogP contribution in [-0.2, 0) is 16.1 Å². The Morgan fingerprint density at radius 1 is 1.25 bits per heavy atom. The summed E-state index contributed by atoms with van der Waals surface area (Å²) in [7, 11) is 1.43. The minimum absolute atomic E-state index is 0.104. The first-order valence-electron chi connectivity index (χ1n) is 6.85. The van der Waals surface area contributed by atoms with Crippen molar-refractivity contribution in [2.24, 2.45) is 0 Å². The standard InChI is InChI=1S/C16H14BrNO6/c1-22-15-6-5-13(18(20)21)7-11(15)9-24-16(19)10-23-14-4-2-3-12(17)8-14/h2-8H,9-10H2,1H3. The Balaban J connectivity index is 1.93. The Bertz CT molecular complexity index is 749. The van der Waals surface area contributed by atoms with Gasteiger partial charge in [0.25, 0.3) is 5.69 Å². The van der Waals surface area contributed by atoms with Crippen molar-refractivity contribution in [1.82, 2.24) is 0 Å². The highest BCUT2D eigenvalue weighted by Gasteiger charge is 2.13. The van der Waals surface area contributed by atoms with Crippen LogP contribution in [0.15, 0.2) is 46.9 Å². The van der Waals surface area contributed by atoms with Crippen LogP contribution in [0.25, 0.3) is 0 Å². The first-order chi connectivity index (χ1) is 11.5. The van der Waals surface area contributed by atoms with Crippen molar-refractivity contribution < 1.29 is 23.9 Å². The van der Waals surface area contributed by atoms with E-state index in [0.29, 0.717) is 17.1 Å². The Hall–Kier alpha value is -2.61. The van der Waals surface area contributed by atoms with Gasteiger partial charge >= 0.3 is 5.97 Å². The largest absolute Gasteiger partial charge is 0.496 e. The number of nitro groups is 1. The van der Waals surface area contributed by atoms with Crippen LogP contribution in [0, 0.1) is 10.1 Å². The number of carbonyl (C=O) groups is 1. The Morgan fingerprint density at radius 2 is 2.04 bits per heavy atom. The monoisotopic (exact) mass is 395 g/mol. The lowest BCUT2D eigenvalue weighted by Crippen LogP contribution is -2.15. The van der Waals surface area contributed by atoms with Gasteiger partial charge in [-0.05, 0) is 24.3 Å². The lowest BCUT2D eigenvalue weighted by Gasteiger charge is -2.10. The summed E-state index contributed by atoms with van der Waals surface area (Å²) in [6, 6.07) is 11.1. The number of nitrogens with zero attached hydrogens (tertiary/aromatic N) is 1. The number of hydrogen-bond acceptors (Lipinski definition) is 6. The van der Waals surface area contributed by atoms with Gasteiger partial charge in [-0.1, -0.05) is 22.0 Å². The van der Waals surface area contributed by atoms with E-state index < -0.39 is 10.9 Å². The number of ether oxygens (including phenoxy) is 3. The van der Waals surface area contributed by atoms with E-state index in [0.717, 1.165) is 4.47 Å². The van der Waals surface area contributed by atoms with E-state index in [9.17, 15) is 14.9 Å². The first kappa shape index (κ1) is 17.7. The van der Waals surface area contributed by atoms with Gasteiger partial charge < -0.3 is 14.2 Å². The summed E-state index contributed by atoms with van der Waals surface area (Å²) < 4.78 is 16.3. The van der Waals surface area contributed by atoms with Crippen molar-refractivity contribution in [2.45, 2.75) is 6.61 Å². The molecule has 0 saturated carbocycles. The zero-order valence-electron chi connectivity index (χ0n) is 12.7. The zero-order valence-corrected chi connectivity index (χ0v) is 14.3. The molecule has 24 heavy (non-hydrogen) atoms. The van der Waals surface area contributed by atoms with Crippen molar-refractivity contribution in [3.63, 3.8) is 0 Å². The predicted molar refractivity (Wildman–Crippen MR) is 89.1 cm³/mol. The molecule has 0 aromatic heterocycles. The lowest BCUT2D eigenvalue weighted by atomic mass is 10.2. The number of halogens is 1. The van der Waals surface area contributed by atoms with Crippen LogP contribution >= 0.6 is 15.9 Å². The summed E-state index contributed by atoms with van der Waals surface area (Å²) in [5, 5.41) is 10.8. The van der Waals surface area contributed by atoms with Gasteiger partial charge in [0.05, 0.1) is 12.0 Å². The molecule has 0 amide bonds. The second kappa shape index (κ2) is 8.30. The van der Waals surface area contributed by atoms with E-state index in [1.807, 2.05) is 6.07 Å². The molecule has 7 nitrogen and oxygen atoms in total. The summed E-state index contributed by atoms with van der Waals surface area (Å²) in [4.78, 5) is 22.0. The molecule has 0 aliphatic heterocycles. The highest BCUT2D eigenvalue weighted by molar-refractivity contribution is 9.10.